The molecule has 0 aromatic carbocycles. The fraction of sp³-hybridized carbons (Fsp3) is 0.846. The summed E-state index contributed by atoms with van der Waals surface area (Å²) in [5.74, 6) is 0.139. The van der Waals surface area contributed by atoms with Crippen molar-refractivity contribution in [1.82, 2.24) is 16.0 Å². The first-order chi connectivity index (χ1) is 8.66. The van der Waals surface area contributed by atoms with Gasteiger partial charge in [-0.15, -0.1) is 0 Å². The van der Waals surface area contributed by atoms with E-state index in [1.165, 1.54) is 6.92 Å². The minimum Gasteiger partial charge on any atom is -0.356 e. The molecule has 106 valence electrons. The summed E-state index contributed by atoms with van der Waals surface area (Å²) in [5, 5.41) is 8.71. The molecule has 5 nitrogen and oxygen atoms in total. The molecule has 0 radical (unpaired) electrons. The number of amides is 2. The highest BCUT2D eigenvalue weighted by molar-refractivity contribution is 5.75. The van der Waals surface area contributed by atoms with Crippen molar-refractivity contribution in [1.29, 1.82) is 0 Å². The van der Waals surface area contributed by atoms with Crippen LogP contribution in [0.3, 0.4) is 0 Å². The lowest BCUT2D eigenvalue weighted by Gasteiger charge is -2.05. The summed E-state index contributed by atoms with van der Waals surface area (Å²) in [5.41, 5.74) is 0. The molecule has 0 aliphatic heterocycles. The smallest absolute Gasteiger partial charge is 0.219 e. The van der Waals surface area contributed by atoms with Crippen LogP contribution in [0.1, 0.15) is 45.4 Å². The number of hydrogen-bond acceptors (Lipinski definition) is 3. The topological polar surface area (TPSA) is 70.2 Å². The van der Waals surface area contributed by atoms with Gasteiger partial charge in [-0.25, -0.2) is 0 Å². The van der Waals surface area contributed by atoms with E-state index in [0.29, 0.717) is 19.5 Å². The second kappa shape index (κ2) is 12.4. The lowest BCUT2D eigenvalue weighted by molar-refractivity contribution is -0.121. The van der Waals surface area contributed by atoms with E-state index in [0.717, 1.165) is 38.6 Å². The van der Waals surface area contributed by atoms with Crippen molar-refractivity contribution >= 4 is 11.8 Å². The first-order valence-corrected chi connectivity index (χ1v) is 6.82. The SMILES string of the molecule is CNCCCCCC(=O)NCCCCNC(C)=O. The van der Waals surface area contributed by atoms with Crippen LogP contribution in [0.25, 0.3) is 0 Å². The molecule has 0 aliphatic carbocycles. The minimum absolute atomic E-state index is 0.000560. The summed E-state index contributed by atoms with van der Waals surface area (Å²) in [6.07, 6.45) is 5.61. The Kier molecular flexibility index (Phi) is 11.6. The first kappa shape index (κ1) is 16.9. The van der Waals surface area contributed by atoms with Gasteiger partial charge in [0.25, 0.3) is 0 Å². The van der Waals surface area contributed by atoms with E-state index in [9.17, 15) is 9.59 Å². The van der Waals surface area contributed by atoms with Gasteiger partial charge in [-0.1, -0.05) is 6.42 Å². The molecule has 0 bridgehead atoms. The van der Waals surface area contributed by atoms with Crippen molar-refractivity contribution in [2.75, 3.05) is 26.7 Å². The molecular weight excluding hydrogens is 230 g/mol. The first-order valence-electron chi connectivity index (χ1n) is 6.82. The van der Waals surface area contributed by atoms with E-state index in [1.807, 2.05) is 7.05 Å². The van der Waals surface area contributed by atoms with E-state index in [2.05, 4.69) is 16.0 Å². The number of nitrogens with one attached hydrogen (secondary N) is 3. The van der Waals surface area contributed by atoms with Gasteiger partial charge in [0.2, 0.25) is 11.8 Å². The van der Waals surface area contributed by atoms with Crippen LogP contribution in [0.4, 0.5) is 0 Å². The normalized spacial score (nSPS) is 10.1. The summed E-state index contributed by atoms with van der Waals surface area (Å²) in [7, 11) is 1.94. The van der Waals surface area contributed by atoms with Crippen LogP contribution in [0, 0.1) is 0 Å². The van der Waals surface area contributed by atoms with Crippen molar-refractivity contribution in [3.8, 4) is 0 Å². The number of rotatable bonds is 11. The van der Waals surface area contributed by atoms with Gasteiger partial charge in [-0.2, -0.15) is 0 Å². The van der Waals surface area contributed by atoms with Crippen molar-refractivity contribution in [2.24, 2.45) is 0 Å². The highest BCUT2D eigenvalue weighted by Gasteiger charge is 2.00. The molecule has 0 spiro atoms. The zero-order chi connectivity index (χ0) is 13.6. The summed E-state index contributed by atoms with van der Waals surface area (Å²) in [4.78, 5) is 22.0. The number of hydrogen-bond donors (Lipinski definition) is 3. The summed E-state index contributed by atoms with van der Waals surface area (Å²) in [6, 6.07) is 0. The largest absolute Gasteiger partial charge is 0.356 e. The van der Waals surface area contributed by atoms with Crippen molar-refractivity contribution in [3.05, 3.63) is 0 Å². The molecule has 5 heteroatoms. The van der Waals surface area contributed by atoms with E-state index < -0.39 is 0 Å². The molecule has 0 rings (SSSR count). The Bertz CT molecular complexity index is 232. The van der Waals surface area contributed by atoms with Gasteiger partial charge >= 0.3 is 0 Å². The third kappa shape index (κ3) is 13.0. The Morgan fingerprint density at radius 1 is 0.833 bits per heavy atom. The lowest BCUT2D eigenvalue weighted by atomic mass is 10.2. The maximum atomic E-state index is 11.4. The molecule has 18 heavy (non-hydrogen) atoms. The molecule has 0 fully saturated rings. The average Bonchev–Trinajstić information content (AvgIpc) is 2.33. The van der Waals surface area contributed by atoms with Crippen LogP contribution in [-0.2, 0) is 9.59 Å². The average molecular weight is 257 g/mol. The van der Waals surface area contributed by atoms with E-state index in [-0.39, 0.29) is 11.8 Å². The van der Waals surface area contributed by atoms with Crippen molar-refractivity contribution in [3.63, 3.8) is 0 Å². The van der Waals surface area contributed by atoms with Gasteiger partial charge < -0.3 is 16.0 Å². The van der Waals surface area contributed by atoms with E-state index in [4.69, 9.17) is 0 Å². The van der Waals surface area contributed by atoms with Crippen LogP contribution in [0.2, 0.25) is 0 Å². The Balaban J connectivity index is 3.19. The third-order valence-electron chi connectivity index (χ3n) is 2.63. The minimum atomic E-state index is 0.000560. The Morgan fingerprint density at radius 2 is 1.44 bits per heavy atom. The molecule has 3 N–H and O–H groups in total. The lowest BCUT2D eigenvalue weighted by Crippen LogP contribution is -2.26. The molecule has 2 amide bonds. The van der Waals surface area contributed by atoms with Gasteiger partial charge in [-0.3, -0.25) is 9.59 Å². The van der Waals surface area contributed by atoms with Gasteiger partial charge in [0.05, 0.1) is 0 Å². The highest BCUT2D eigenvalue weighted by Crippen LogP contribution is 1.98. The van der Waals surface area contributed by atoms with E-state index in [1.54, 1.807) is 0 Å². The summed E-state index contributed by atoms with van der Waals surface area (Å²) < 4.78 is 0. The number of carbonyl (C=O) groups is 2. The molecule has 0 saturated carbocycles. The fourth-order valence-corrected chi connectivity index (χ4v) is 1.59. The standard InChI is InChI=1S/C13H27N3O2/c1-12(17)15-10-6-7-11-16-13(18)8-4-3-5-9-14-2/h14H,3-11H2,1-2H3,(H,15,17)(H,16,18). The molecule has 0 aromatic heterocycles. The fourth-order valence-electron chi connectivity index (χ4n) is 1.59. The van der Waals surface area contributed by atoms with Crippen LogP contribution in [0.5, 0.6) is 0 Å². The number of carbonyl (C=O) groups excluding carboxylic acids is 2. The van der Waals surface area contributed by atoms with Crippen LogP contribution in [-0.4, -0.2) is 38.5 Å². The van der Waals surface area contributed by atoms with E-state index >= 15 is 0 Å². The third-order valence-corrected chi connectivity index (χ3v) is 2.63. The quantitative estimate of drug-likeness (QED) is 0.479. The zero-order valence-electron chi connectivity index (χ0n) is 11.7. The van der Waals surface area contributed by atoms with Gasteiger partial charge in [-0.05, 0) is 39.3 Å². The Hall–Kier alpha value is -1.10. The maximum absolute atomic E-state index is 11.4. The molecule has 0 aliphatic rings. The summed E-state index contributed by atoms with van der Waals surface area (Å²) in [6.45, 7) is 3.92. The van der Waals surface area contributed by atoms with Gasteiger partial charge in [0.1, 0.15) is 0 Å². The maximum Gasteiger partial charge on any atom is 0.219 e. The molecule has 0 atom stereocenters. The van der Waals surface area contributed by atoms with Crippen LogP contribution >= 0.6 is 0 Å². The molecular formula is C13H27N3O2. The monoisotopic (exact) mass is 257 g/mol. The highest BCUT2D eigenvalue weighted by atomic mass is 16.2. The Labute approximate surface area is 110 Å². The second-order valence-corrected chi connectivity index (χ2v) is 4.45. The van der Waals surface area contributed by atoms with Gasteiger partial charge in [0, 0.05) is 26.4 Å². The molecule has 0 aromatic rings. The predicted molar refractivity (Wildman–Crippen MR) is 73.3 cm³/mol. The molecule has 0 unspecified atom stereocenters. The second-order valence-electron chi connectivity index (χ2n) is 4.45. The van der Waals surface area contributed by atoms with Crippen LogP contribution in [0.15, 0.2) is 0 Å². The van der Waals surface area contributed by atoms with Crippen molar-refractivity contribution in [2.45, 2.75) is 45.4 Å². The summed E-state index contributed by atoms with van der Waals surface area (Å²) >= 11 is 0. The zero-order valence-corrected chi connectivity index (χ0v) is 11.7. The molecule has 0 saturated heterocycles. The Morgan fingerprint density at radius 3 is 2.06 bits per heavy atom. The van der Waals surface area contributed by atoms with Crippen molar-refractivity contribution < 1.29 is 9.59 Å². The predicted octanol–water partition coefficient (Wildman–Crippen LogP) is 0.799. The number of unbranched alkanes of at least 4 members (excludes halogenated alkanes) is 3. The van der Waals surface area contributed by atoms with Gasteiger partial charge in [0.15, 0.2) is 0 Å². The van der Waals surface area contributed by atoms with Crippen LogP contribution < -0.4 is 16.0 Å². The molecule has 0 heterocycles.